The number of ether oxygens (including phenoxy) is 1. The molecule has 9 heteroatoms. The Morgan fingerprint density at radius 1 is 1.04 bits per heavy atom. The molecule has 0 aliphatic heterocycles. The lowest BCUT2D eigenvalue weighted by molar-refractivity contribution is -0.114. The smallest absolute Gasteiger partial charge is 0.332 e. The minimum atomic E-state index is -0.425. The predicted molar refractivity (Wildman–Crippen MR) is 87.0 cm³/mol. The molecule has 0 spiro atoms. The number of nitrogens with one attached hydrogen (secondary N) is 2. The average Bonchev–Trinajstić information content (AvgIpc) is 3.00. The summed E-state index contributed by atoms with van der Waals surface area (Å²) >= 11 is 0. The van der Waals surface area contributed by atoms with Gasteiger partial charge in [-0.1, -0.05) is 0 Å². The molecule has 0 aliphatic rings. The molecule has 3 aromatic rings. The molecule has 0 aliphatic carbocycles. The van der Waals surface area contributed by atoms with E-state index in [1.54, 1.807) is 24.3 Å². The number of carbonyl (C=O) groups is 2. The third-order valence-corrected chi connectivity index (χ3v) is 3.17. The summed E-state index contributed by atoms with van der Waals surface area (Å²) in [5, 5.41) is 5.38. The fraction of sp³-hybridized carbons (Fsp3) is 0.133. The molecule has 1 aromatic carbocycles. The first kappa shape index (κ1) is 15.4. The Morgan fingerprint density at radius 3 is 2.33 bits per heavy atom. The van der Waals surface area contributed by atoms with E-state index in [1.807, 2.05) is 0 Å². The zero-order valence-corrected chi connectivity index (χ0v) is 13.0. The SMILES string of the molecule is COc1ncnc2c1ncn2C(=O)Nc1ccc(NC(C)=O)cc1. The third-order valence-electron chi connectivity index (χ3n) is 3.17. The van der Waals surface area contributed by atoms with E-state index in [0.29, 0.717) is 28.4 Å². The van der Waals surface area contributed by atoms with Crippen molar-refractivity contribution in [2.24, 2.45) is 0 Å². The Morgan fingerprint density at radius 2 is 1.71 bits per heavy atom. The highest BCUT2D eigenvalue weighted by molar-refractivity contribution is 5.97. The number of fused-ring (bicyclic) bond motifs is 1. The summed E-state index contributed by atoms with van der Waals surface area (Å²) in [6.07, 6.45) is 2.65. The molecule has 3 rings (SSSR count). The van der Waals surface area contributed by atoms with E-state index >= 15 is 0 Å². The summed E-state index contributed by atoms with van der Waals surface area (Å²) in [7, 11) is 1.47. The van der Waals surface area contributed by atoms with Gasteiger partial charge in [0.15, 0.2) is 11.2 Å². The van der Waals surface area contributed by atoms with Crippen molar-refractivity contribution >= 4 is 34.5 Å². The third kappa shape index (κ3) is 3.00. The minimum Gasteiger partial charge on any atom is -0.479 e. The van der Waals surface area contributed by atoms with Gasteiger partial charge in [0.2, 0.25) is 11.8 Å². The van der Waals surface area contributed by atoms with Crippen LogP contribution in [0, 0.1) is 0 Å². The van der Waals surface area contributed by atoms with E-state index in [-0.39, 0.29) is 5.91 Å². The summed E-state index contributed by atoms with van der Waals surface area (Å²) in [5.74, 6) is 0.136. The Hall–Kier alpha value is -3.49. The molecule has 0 bridgehead atoms. The van der Waals surface area contributed by atoms with Crippen molar-refractivity contribution in [3.63, 3.8) is 0 Å². The zero-order chi connectivity index (χ0) is 17.1. The van der Waals surface area contributed by atoms with Gasteiger partial charge >= 0.3 is 6.03 Å². The lowest BCUT2D eigenvalue weighted by Crippen LogP contribution is -2.19. The molecule has 2 heterocycles. The molecule has 0 saturated carbocycles. The average molecular weight is 326 g/mol. The number of hydrogen-bond acceptors (Lipinski definition) is 6. The highest BCUT2D eigenvalue weighted by Gasteiger charge is 2.15. The molecule has 2 amide bonds. The fourth-order valence-corrected chi connectivity index (χ4v) is 2.14. The van der Waals surface area contributed by atoms with E-state index in [1.165, 1.54) is 31.3 Å². The number of benzene rings is 1. The van der Waals surface area contributed by atoms with Crippen LogP contribution in [-0.4, -0.2) is 38.6 Å². The van der Waals surface area contributed by atoms with Crippen molar-refractivity contribution < 1.29 is 14.3 Å². The Bertz CT molecular complexity index is 903. The first-order chi connectivity index (χ1) is 11.6. The van der Waals surface area contributed by atoms with Crippen molar-refractivity contribution in [3.8, 4) is 5.88 Å². The summed E-state index contributed by atoms with van der Waals surface area (Å²) in [4.78, 5) is 35.5. The van der Waals surface area contributed by atoms with Gasteiger partial charge in [0.25, 0.3) is 0 Å². The molecule has 24 heavy (non-hydrogen) atoms. The molecule has 0 unspecified atom stereocenters. The van der Waals surface area contributed by atoms with Crippen molar-refractivity contribution in [3.05, 3.63) is 36.9 Å². The van der Waals surface area contributed by atoms with Gasteiger partial charge in [0, 0.05) is 18.3 Å². The number of nitrogens with zero attached hydrogens (tertiary/aromatic N) is 4. The Labute approximate surface area is 136 Å². The van der Waals surface area contributed by atoms with Gasteiger partial charge in [-0.05, 0) is 24.3 Å². The van der Waals surface area contributed by atoms with Crippen molar-refractivity contribution in [1.29, 1.82) is 0 Å². The predicted octanol–water partition coefficient (Wildman–Crippen LogP) is 1.87. The van der Waals surface area contributed by atoms with Crippen LogP contribution < -0.4 is 15.4 Å². The summed E-state index contributed by atoms with van der Waals surface area (Å²) in [5.41, 5.74) is 1.95. The van der Waals surface area contributed by atoms with Gasteiger partial charge in [-0.25, -0.2) is 19.3 Å². The number of rotatable bonds is 3. The van der Waals surface area contributed by atoms with E-state index < -0.39 is 6.03 Å². The normalized spacial score (nSPS) is 10.4. The summed E-state index contributed by atoms with van der Waals surface area (Å²) in [6, 6.07) is 6.31. The zero-order valence-electron chi connectivity index (χ0n) is 13.0. The van der Waals surface area contributed by atoms with E-state index in [9.17, 15) is 9.59 Å². The van der Waals surface area contributed by atoms with Crippen LogP contribution in [0.2, 0.25) is 0 Å². The van der Waals surface area contributed by atoms with Crippen LogP contribution in [0.3, 0.4) is 0 Å². The maximum absolute atomic E-state index is 12.4. The van der Waals surface area contributed by atoms with Gasteiger partial charge < -0.3 is 15.4 Å². The largest absolute Gasteiger partial charge is 0.479 e. The van der Waals surface area contributed by atoms with Gasteiger partial charge in [-0.3, -0.25) is 4.79 Å². The van der Waals surface area contributed by atoms with Crippen LogP contribution in [0.4, 0.5) is 16.2 Å². The number of anilines is 2. The monoisotopic (exact) mass is 326 g/mol. The number of aromatic nitrogens is 4. The van der Waals surface area contributed by atoms with Gasteiger partial charge in [-0.15, -0.1) is 0 Å². The topological polar surface area (TPSA) is 111 Å². The Kier molecular flexibility index (Phi) is 4.06. The molecule has 0 fully saturated rings. The number of amides is 2. The van der Waals surface area contributed by atoms with Crippen molar-refractivity contribution in [2.75, 3.05) is 17.7 Å². The molecular formula is C15H14N6O3. The van der Waals surface area contributed by atoms with Crippen LogP contribution in [0.1, 0.15) is 6.92 Å². The number of imidazole rings is 1. The number of hydrogen-bond donors (Lipinski definition) is 2. The molecule has 9 nitrogen and oxygen atoms in total. The first-order valence-corrected chi connectivity index (χ1v) is 6.99. The van der Waals surface area contributed by atoms with Crippen LogP contribution in [0.5, 0.6) is 5.88 Å². The van der Waals surface area contributed by atoms with E-state index in [0.717, 1.165) is 0 Å². The standard InChI is InChI=1S/C15H14N6O3/c1-9(22)19-10-3-5-11(6-4-10)20-15(23)21-8-18-12-13(21)16-7-17-14(12)24-2/h3-8H,1-2H3,(H,19,22)(H,20,23). The van der Waals surface area contributed by atoms with Crippen molar-refractivity contribution in [1.82, 2.24) is 19.5 Å². The van der Waals surface area contributed by atoms with Crippen LogP contribution in [-0.2, 0) is 4.79 Å². The highest BCUT2D eigenvalue weighted by Crippen LogP contribution is 2.19. The van der Waals surface area contributed by atoms with Gasteiger partial charge in [0.1, 0.15) is 12.7 Å². The van der Waals surface area contributed by atoms with Crippen LogP contribution in [0.25, 0.3) is 11.2 Å². The molecule has 2 aromatic heterocycles. The number of carbonyl (C=O) groups excluding carboxylic acids is 2. The molecule has 0 atom stereocenters. The fourth-order valence-electron chi connectivity index (χ4n) is 2.14. The summed E-state index contributed by atoms with van der Waals surface area (Å²) in [6.45, 7) is 1.43. The number of methoxy groups -OCH3 is 1. The lowest BCUT2D eigenvalue weighted by atomic mass is 10.3. The molecule has 0 radical (unpaired) electrons. The maximum atomic E-state index is 12.4. The highest BCUT2D eigenvalue weighted by atomic mass is 16.5. The second-order valence-corrected chi connectivity index (χ2v) is 4.86. The second kappa shape index (κ2) is 6.32. The lowest BCUT2D eigenvalue weighted by Gasteiger charge is -2.07. The van der Waals surface area contributed by atoms with E-state index in [2.05, 4.69) is 25.6 Å². The van der Waals surface area contributed by atoms with Gasteiger partial charge in [-0.2, -0.15) is 4.98 Å². The van der Waals surface area contributed by atoms with Gasteiger partial charge in [0.05, 0.1) is 7.11 Å². The minimum absolute atomic E-state index is 0.162. The molecule has 122 valence electrons. The summed E-state index contributed by atoms with van der Waals surface area (Å²) < 4.78 is 6.36. The maximum Gasteiger partial charge on any atom is 0.332 e. The van der Waals surface area contributed by atoms with Crippen LogP contribution >= 0.6 is 0 Å². The van der Waals surface area contributed by atoms with Crippen LogP contribution in [0.15, 0.2) is 36.9 Å². The van der Waals surface area contributed by atoms with Crippen molar-refractivity contribution in [2.45, 2.75) is 6.92 Å². The first-order valence-electron chi connectivity index (χ1n) is 6.99. The molecular weight excluding hydrogens is 312 g/mol. The quantitative estimate of drug-likeness (QED) is 0.760. The van der Waals surface area contributed by atoms with E-state index in [4.69, 9.17) is 4.74 Å². The second-order valence-electron chi connectivity index (χ2n) is 4.86. The molecule has 0 saturated heterocycles. The molecule has 2 N–H and O–H groups in total. The Balaban J connectivity index is 1.81.